The fourth-order valence-corrected chi connectivity index (χ4v) is 2.09. The van der Waals surface area contributed by atoms with Crippen LogP contribution in [0.5, 0.6) is 0 Å². The SMILES string of the molecule is CCc1ccccc1NC1=CC(=O)N(CCOC)C1=O. The van der Waals surface area contributed by atoms with E-state index in [9.17, 15) is 9.59 Å². The second-order valence-corrected chi connectivity index (χ2v) is 4.48. The van der Waals surface area contributed by atoms with E-state index in [0.29, 0.717) is 12.3 Å². The zero-order chi connectivity index (χ0) is 14.5. The Labute approximate surface area is 118 Å². The monoisotopic (exact) mass is 274 g/mol. The molecule has 20 heavy (non-hydrogen) atoms. The number of rotatable bonds is 6. The molecule has 0 saturated heterocycles. The first-order valence-corrected chi connectivity index (χ1v) is 6.58. The molecule has 0 aromatic heterocycles. The van der Waals surface area contributed by atoms with Gasteiger partial charge in [-0.15, -0.1) is 0 Å². The summed E-state index contributed by atoms with van der Waals surface area (Å²) in [6.07, 6.45) is 2.19. The Hall–Kier alpha value is -2.14. The summed E-state index contributed by atoms with van der Waals surface area (Å²) in [4.78, 5) is 25.1. The third-order valence-electron chi connectivity index (χ3n) is 3.20. The zero-order valence-electron chi connectivity index (χ0n) is 11.7. The molecule has 0 bridgehead atoms. The average Bonchev–Trinajstić information content (AvgIpc) is 2.72. The van der Waals surface area contributed by atoms with Crippen LogP contribution in [0.3, 0.4) is 0 Å². The maximum Gasteiger partial charge on any atom is 0.277 e. The number of ether oxygens (including phenoxy) is 1. The third kappa shape index (κ3) is 2.88. The minimum absolute atomic E-state index is 0.269. The van der Waals surface area contributed by atoms with E-state index in [1.54, 1.807) is 0 Å². The van der Waals surface area contributed by atoms with Crippen molar-refractivity contribution in [3.8, 4) is 0 Å². The smallest absolute Gasteiger partial charge is 0.277 e. The van der Waals surface area contributed by atoms with Gasteiger partial charge >= 0.3 is 0 Å². The fourth-order valence-electron chi connectivity index (χ4n) is 2.09. The van der Waals surface area contributed by atoms with E-state index in [-0.39, 0.29) is 18.4 Å². The van der Waals surface area contributed by atoms with E-state index in [4.69, 9.17) is 4.74 Å². The molecule has 0 radical (unpaired) electrons. The van der Waals surface area contributed by atoms with Gasteiger partial charge in [0.2, 0.25) is 0 Å². The van der Waals surface area contributed by atoms with Crippen LogP contribution in [0, 0.1) is 0 Å². The third-order valence-corrected chi connectivity index (χ3v) is 3.20. The lowest BCUT2D eigenvalue weighted by molar-refractivity contribution is -0.137. The number of carbonyl (C=O) groups excluding carboxylic acids is 2. The molecule has 0 aliphatic carbocycles. The first-order valence-electron chi connectivity index (χ1n) is 6.58. The van der Waals surface area contributed by atoms with Gasteiger partial charge in [-0.25, -0.2) is 0 Å². The van der Waals surface area contributed by atoms with Crippen LogP contribution < -0.4 is 5.32 Å². The number of benzene rings is 1. The van der Waals surface area contributed by atoms with Gasteiger partial charge in [0, 0.05) is 18.9 Å². The van der Waals surface area contributed by atoms with Gasteiger partial charge in [-0.3, -0.25) is 14.5 Å². The largest absolute Gasteiger partial charge is 0.383 e. The van der Waals surface area contributed by atoms with Crippen molar-refractivity contribution >= 4 is 17.5 Å². The Morgan fingerprint density at radius 1 is 1.25 bits per heavy atom. The molecule has 1 aromatic carbocycles. The Morgan fingerprint density at radius 2 is 2.00 bits per heavy atom. The predicted octanol–water partition coefficient (Wildman–Crippen LogP) is 1.56. The van der Waals surface area contributed by atoms with Gasteiger partial charge in [-0.2, -0.15) is 0 Å². The maximum absolute atomic E-state index is 12.1. The maximum atomic E-state index is 12.1. The summed E-state index contributed by atoms with van der Waals surface area (Å²) in [5.41, 5.74) is 2.27. The van der Waals surface area contributed by atoms with E-state index in [1.807, 2.05) is 31.2 Å². The Kier molecular flexibility index (Phi) is 4.53. The molecule has 1 N–H and O–H groups in total. The highest BCUT2D eigenvalue weighted by Gasteiger charge is 2.30. The quantitative estimate of drug-likeness (QED) is 0.800. The summed E-state index contributed by atoms with van der Waals surface area (Å²) >= 11 is 0. The molecule has 0 unspecified atom stereocenters. The predicted molar refractivity (Wildman–Crippen MR) is 76.1 cm³/mol. The molecule has 1 heterocycles. The average molecular weight is 274 g/mol. The van der Waals surface area contributed by atoms with Gasteiger partial charge < -0.3 is 10.1 Å². The molecule has 0 fully saturated rings. The molecule has 0 atom stereocenters. The Bertz CT molecular complexity index is 552. The summed E-state index contributed by atoms with van der Waals surface area (Å²) in [7, 11) is 1.54. The van der Waals surface area contributed by atoms with Crippen molar-refractivity contribution < 1.29 is 14.3 Å². The number of carbonyl (C=O) groups is 2. The van der Waals surface area contributed by atoms with Crippen LogP contribution >= 0.6 is 0 Å². The number of imide groups is 1. The molecule has 1 aliphatic heterocycles. The topological polar surface area (TPSA) is 58.6 Å². The second-order valence-electron chi connectivity index (χ2n) is 4.48. The van der Waals surface area contributed by atoms with E-state index in [2.05, 4.69) is 5.32 Å². The lowest BCUT2D eigenvalue weighted by atomic mass is 10.1. The lowest BCUT2D eigenvalue weighted by Gasteiger charge is -2.15. The molecular formula is C15H18N2O3. The Morgan fingerprint density at radius 3 is 2.70 bits per heavy atom. The van der Waals surface area contributed by atoms with E-state index in [0.717, 1.165) is 17.7 Å². The molecular weight excluding hydrogens is 256 g/mol. The normalized spacial score (nSPS) is 14.7. The van der Waals surface area contributed by atoms with Gasteiger partial charge in [-0.05, 0) is 18.1 Å². The molecule has 5 nitrogen and oxygen atoms in total. The van der Waals surface area contributed by atoms with Crippen molar-refractivity contribution in [2.24, 2.45) is 0 Å². The number of nitrogens with zero attached hydrogens (tertiary/aromatic N) is 1. The molecule has 0 spiro atoms. The number of hydrogen-bond acceptors (Lipinski definition) is 4. The molecule has 0 saturated carbocycles. The molecule has 2 amide bonds. The first-order chi connectivity index (χ1) is 9.67. The van der Waals surface area contributed by atoms with Crippen molar-refractivity contribution in [3.63, 3.8) is 0 Å². The van der Waals surface area contributed by atoms with Gasteiger partial charge in [0.15, 0.2) is 0 Å². The van der Waals surface area contributed by atoms with Gasteiger partial charge in [0.25, 0.3) is 11.8 Å². The van der Waals surface area contributed by atoms with E-state index in [1.165, 1.54) is 18.1 Å². The summed E-state index contributed by atoms with van der Waals surface area (Å²) < 4.78 is 4.90. The summed E-state index contributed by atoms with van der Waals surface area (Å²) in [5.74, 6) is -0.610. The van der Waals surface area contributed by atoms with Crippen LogP contribution in [0.1, 0.15) is 12.5 Å². The minimum Gasteiger partial charge on any atom is -0.383 e. The first kappa shape index (κ1) is 14.3. The van der Waals surface area contributed by atoms with Crippen LogP contribution in [-0.2, 0) is 20.7 Å². The van der Waals surface area contributed by atoms with Crippen molar-refractivity contribution in [1.82, 2.24) is 4.90 Å². The number of nitrogens with one attached hydrogen (secondary N) is 1. The fraction of sp³-hybridized carbons (Fsp3) is 0.333. The highest BCUT2D eigenvalue weighted by atomic mass is 16.5. The van der Waals surface area contributed by atoms with Crippen LogP contribution in [0.2, 0.25) is 0 Å². The summed E-state index contributed by atoms with van der Waals surface area (Å²) in [5, 5.41) is 3.06. The zero-order valence-corrected chi connectivity index (χ0v) is 11.7. The number of amides is 2. The van der Waals surface area contributed by atoms with Crippen LogP contribution in [0.15, 0.2) is 36.0 Å². The molecule has 1 aromatic rings. The molecule has 106 valence electrons. The second kappa shape index (κ2) is 6.34. The molecule has 1 aliphatic rings. The van der Waals surface area contributed by atoms with Crippen LogP contribution in [0.4, 0.5) is 5.69 Å². The van der Waals surface area contributed by atoms with Crippen LogP contribution in [0.25, 0.3) is 0 Å². The molecule has 5 heteroatoms. The molecule has 2 rings (SSSR count). The van der Waals surface area contributed by atoms with Gasteiger partial charge in [-0.1, -0.05) is 25.1 Å². The number of para-hydroxylation sites is 1. The lowest BCUT2D eigenvalue weighted by Crippen LogP contribution is -2.34. The number of methoxy groups -OCH3 is 1. The highest BCUT2D eigenvalue weighted by Crippen LogP contribution is 2.21. The number of anilines is 1. The van der Waals surface area contributed by atoms with Crippen molar-refractivity contribution in [2.75, 3.05) is 25.6 Å². The minimum atomic E-state index is -0.307. The van der Waals surface area contributed by atoms with Gasteiger partial charge in [0.05, 0.1) is 13.2 Å². The van der Waals surface area contributed by atoms with Crippen molar-refractivity contribution in [3.05, 3.63) is 41.6 Å². The van der Waals surface area contributed by atoms with E-state index < -0.39 is 0 Å². The van der Waals surface area contributed by atoms with E-state index >= 15 is 0 Å². The highest BCUT2D eigenvalue weighted by molar-refractivity contribution is 6.17. The number of aryl methyl sites for hydroxylation is 1. The standard InChI is InChI=1S/C15H18N2O3/c1-3-11-6-4-5-7-12(11)16-13-10-14(18)17(15(13)19)8-9-20-2/h4-7,10,16H,3,8-9H2,1-2H3. The number of hydrogen-bond donors (Lipinski definition) is 1. The van der Waals surface area contributed by atoms with Crippen molar-refractivity contribution in [2.45, 2.75) is 13.3 Å². The summed E-state index contributed by atoms with van der Waals surface area (Å²) in [6.45, 7) is 2.65. The Balaban J connectivity index is 2.12. The summed E-state index contributed by atoms with van der Waals surface area (Å²) in [6, 6.07) is 7.74. The van der Waals surface area contributed by atoms with Crippen molar-refractivity contribution in [1.29, 1.82) is 0 Å². The van der Waals surface area contributed by atoms with Crippen LogP contribution in [-0.4, -0.2) is 37.0 Å². The van der Waals surface area contributed by atoms with Gasteiger partial charge in [0.1, 0.15) is 5.70 Å².